The van der Waals surface area contributed by atoms with Crippen molar-refractivity contribution in [1.29, 1.82) is 0 Å². The van der Waals surface area contributed by atoms with Crippen molar-refractivity contribution in [1.82, 2.24) is 5.32 Å². The number of hydrogen-bond acceptors (Lipinski definition) is 1. The SMILES string of the molecule is [N-]=[N+]=CC#CNCc1ccccc1. The van der Waals surface area contributed by atoms with Gasteiger partial charge in [-0.15, -0.1) is 0 Å². The molecule has 3 nitrogen and oxygen atoms in total. The third-order valence-electron chi connectivity index (χ3n) is 1.42. The molecular weight excluding hydrogens is 162 g/mol. The van der Waals surface area contributed by atoms with Crippen LogP contribution in [0.1, 0.15) is 5.56 Å². The lowest BCUT2D eigenvalue weighted by Crippen LogP contribution is -2.04. The van der Waals surface area contributed by atoms with Crippen LogP contribution in [-0.2, 0) is 6.54 Å². The smallest absolute Gasteiger partial charge is 0.332 e. The molecule has 13 heavy (non-hydrogen) atoms. The summed E-state index contributed by atoms with van der Waals surface area (Å²) < 4.78 is 0. The summed E-state index contributed by atoms with van der Waals surface area (Å²) in [6.07, 6.45) is 1.12. The summed E-state index contributed by atoms with van der Waals surface area (Å²) in [5.41, 5.74) is 9.19. The summed E-state index contributed by atoms with van der Waals surface area (Å²) in [5.74, 6) is 2.50. The molecule has 1 aromatic carbocycles. The third-order valence-corrected chi connectivity index (χ3v) is 1.42. The van der Waals surface area contributed by atoms with E-state index in [-0.39, 0.29) is 0 Å². The molecule has 0 unspecified atom stereocenters. The predicted molar refractivity (Wildman–Crippen MR) is 50.7 cm³/mol. The van der Waals surface area contributed by atoms with Crippen LogP contribution in [0.2, 0.25) is 0 Å². The van der Waals surface area contributed by atoms with Crippen LogP contribution in [0.15, 0.2) is 30.3 Å². The van der Waals surface area contributed by atoms with Crippen LogP contribution in [0.3, 0.4) is 0 Å². The van der Waals surface area contributed by atoms with E-state index in [1.54, 1.807) is 0 Å². The topological polar surface area (TPSA) is 48.4 Å². The van der Waals surface area contributed by atoms with Gasteiger partial charge < -0.3 is 10.8 Å². The molecule has 0 aliphatic heterocycles. The van der Waals surface area contributed by atoms with E-state index in [0.29, 0.717) is 6.54 Å². The van der Waals surface area contributed by atoms with Gasteiger partial charge in [-0.2, -0.15) is 4.79 Å². The number of rotatable bonds is 2. The van der Waals surface area contributed by atoms with Crippen molar-refractivity contribution in [3.8, 4) is 12.0 Å². The molecule has 1 N–H and O–H groups in total. The Bertz CT molecular complexity index is 353. The van der Waals surface area contributed by atoms with Gasteiger partial charge in [-0.25, -0.2) is 0 Å². The van der Waals surface area contributed by atoms with E-state index in [2.05, 4.69) is 22.1 Å². The standard InChI is InChI=1S/C10H9N3/c11-13-8-4-7-12-9-10-5-2-1-3-6-10/h1-3,5-6,8,12H,9H2. The Labute approximate surface area is 77.0 Å². The maximum absolute atomic E-state index is 8.02. The molecule has 0 aliphatic rings. The first-order valence-electron chi connectivity index (χ1n) is 3.86. The summed E-state index contributed by atoms with van der Waals surface area (Å²) in [4.78, 5) is 2.74. The molecule has 0 atom stereocenters. The first-order chi connectivity index (χ1) is 6.43. The Kier molecular flexibility index (Phi) is 3.89. The van der Waals surface area contributed by atoms with Gasteiger partial charge in [0.1, 0.15) is 0 Å². The highest BCUT2D eigenvalue weighted by Crippen LogP contribution is 1.95. The van der Waals surface area contributed by atoms with Crippen molar-refractivity contribution in [2.75, 3.05) is 0 Å². The van der Waals surface area contributed by atoms with Crippen molar-refractivity contribution in [3.63, 3.8) is 0 Å². The minimum absolute atomic E-state index is 0.688. The van der Waals surface area contributed by atoms with Crippen LogP contribution in [-0.4, -0.2) is 11.0 Å². The van der Waals surface area contributed by atoms with Gasteiger partial charge in [-0.1, -0.05) is 30.3 Å². The summed E-state index contributed by atoms with van der Waals surface area (Å²) in [6.45, 7) is 0.688. The van der Waals surface area contributed by atoms with E-state index in [9.17, 15) is 0 Å². The first-order valence-corrected chi connectivity index (χ1v) is 3.86. The predicted octanol–water partition coefficient (Wildman–Crippen LogP) is 1.04. The highest BCUT2D eigenvalue weighted by molar-refractivity contribution is 5.72. The van der Waals surface area contributed by atoms with Crippen molar-refractivity contribution in [3.05, 3.63) is 41.4 Å². The van der Waals surface area contributed by atoms with Crippen LogP contribution < -0.4 is 5.32 Å². The van der Waals surface area contributed by atoms with E-state index in [1.807, 2.05) is 30.3 Å². The zero-order chi connectivity index (χ0) is 9.36. The minimum Gasteiger partial charge on any atom is -0.361 e. The van der Waals surface area contributed by atoms with Crippen LogP contribution in [0, 0.1) is 12.0 Å². The number of hydrogen-bond donors (Lipinski definition) is 1. The highest BCUT2D eigenvalue weighted by Gasteiger charge is 1.85. The Morgan fingerprint density at radius 1 is 1.38 bits per heavy atom. The second-order valence-electron chi connectivity index (χ2n) is 2.35. The fourth-order valence-corrected chi connectivity index (χ4v) is 0.854. The molecule has 0 spiro atoms. The van der Waals surface area contributed by atoms with Gasteiger partial charge >= 0.3 is 6.21 Å². The van der Waals surface area contributed by atoms with Crippen molar-refractivity contribution < 1.29 is 4.79 Å². The van der Waals surface area contributed by atoms with Gasteiger partial charge in [0.15, 0.2) is 0 Å². The molecule has 0 fully saturated rings. The van der Waals surface area contributed by atoms with Gasteiger partial charge in [0, 0.05) is 18.5 Å². The van der Waals surface area contributed by atoms with Crippen molar-refractivity contribution in [2.24, 2.45) is 0 Å². The summed E-state index contributed by atoms with van der Waals surface area (Å²) >= 11 is 0. The van der Waals surface area contributed by atoms with E-state index in [0.717, 1.165) is 11.8 Å². The lowest BCUT2D eigenvalue weighted by molar-refractivity contribution is 0.00585. The summed E-state index contributed by atoms with van der Waals surface area (Å²) in [6, 6.07) is 12.6. The van der Waals surface area contributed by atoms with Crippen molar-refractivity contribution in [2.45, 2.75) is 6.54 Å². The molecule has 64 valence electrons. The van der Waals surface area contributed by atoms with Crippen LogP contribution in [0.5, 0.6) is 0 Å². The Morgan fingerprint density at radius 3 is 2.85 bits per heavy atom. The maximum Gasteiger partial charge on any atom is 0.332 e. The lowest BCUT2D eigenvalue weighted by atomic mass is 10.2. The second kappa shape index (κ2) is 5.59. The van der Waals surface area contributed by atoms with Crippen molar-refractivity contribution >= 4 is 6.21 Å². The molecule has 0 aromatic heterocycles. The van der Waals surface area contributed by atoms with Crippen LogP contribution in [0.25, 0.3) is 5.53 Å². The van der Waals surface area contributed by atoms with Crippen LogP contribution in [0.4, 0.5) is 0 Å². The molecule has 0 amide bonds. The fraction of sp³-hybridized carbons (Fsp3) is 0.100. The Balaban J connectivity index is 2.37. The molecule has 0 saturated heterocycles. The molecule has 0 aliphatic carbocycles. The zero-order valence-corrected chi connectivity index (χ0v) is 7.07. The van der Waals surface area contributed by atoms with E-state index >= 15 is 0 Å². The number of nitrogens with one attached hydrogen (secondary N) is 1. The van der Waals surface area contributed by atoms with Gasteiger partial charge in [-0.05, 0) is 5.56 Å². The molecule has 0 bridgehead atoms. The fourth-order valence-electron chi connectivity index (χ4n) is 0.854. The highest BCUT2D eigenvalue weighted by atomic mass is 14.8. The average Bonchev–Trinajstić information content (AvgIpc) is 2.19. The molecule has 1 aromatic rings. The summed E-state index contributed by atoms with van der Waals surface area (Å²) in [5, 5.41) is 2.87. The molecule has 3 heteroatoms. The number of benzene rings is 1. The molecule has 0 radical (unpaired) electrons. The minimum atomic E-state index is 0.688. The van der Waals surface area contributed by atoms with E-state index < -0.39 is 0 Å². The van der Waals surface area contributed by atoms with E-state index in [1.165, 1.54) is 0 Å². The Morgan fingerprint density at radius 2 is 2.15 bits per heavy atom. The average molecular weight is 171 g/mol. The molecule has 0 heterocycles. The van der Waals surface area contributed by atoms with Crippen LogP contribution >= 0.6 is 0 Å². The van der Waals surface area contributed by atoms with Gasteiger partial charge in [0.25, 0.3) is 0 Å². The van der Waals surface area contributed by atoms with Gasteiger partial charge in [0.2, 0.25) is 0 Å². The quantitative estimate of drug-likeness (QED) is 0.233. The summed E-state index contributed by atoms with van der Waals surface area (Å²) in [7, 11) is 0. The maximum atomic E-state index is 8.02. The van der Waals surface area contributed by atoms with E-state index in [4.69, 9.17) is 5.53 Å². The lowest BCUT2D eigenvalue weighted by Gasteiger charge is -1.96. The van der Waals surface area contributed by atoms with Gasteiger partial charge in [0.05, 0.1) is 0 Å². The second-order valence-corrected chi connectivity index (χ2v) is 2.35. The normalized spacial score (nSPS) is 7.69. The molecule has 0 saturated carbocycles. The number of nitrogens with zero attached hydrogens (tertiary/aromatic N) is 2. The monoisotopic (exact) mass is 171 g/mol. The molecular formula is C10H9N3. The largest absolute Gasteiger partial charge is 0.361 e. The zero-order valence-electron chi connectivity index (χ0n) is 7.07. The Hall–Kier alpha value is -2.04. The van der Waals surface area contributed by atoms with Gasteiger partial charge in [-0.3, -0.25) is 0 Å². The first kappa shape index (κ1) is 9.05. The third kappa shape index (κ3) is 3.76. The molecule has 1 rings (SSSR count).